The number of thioether (sulfide) groups is 1. The van der Waals surface area contributed by atoms with E-state index in [0.29, 0.717) is 5.92 Å². The quantitative estimate of drug-likeness (QED) is 0.821. The van der Waals surface area contributed by atoms with E-state index in [-0.39, 0.29) is 29.0 Å². The molecule has 0 aromatic heterocycles. The van der Waals surface area contributed by atoms with Crippen LogP contribution < -0.4 is 10.6 Å². The number of hydrogen-bond acceptors (Lipinski definition) is 3. The van der Waals surface area contributed by atoms with Gasteiger partial charge >= 0.3 is 0 Å². The topological polar surface area (TPSA) is 41.1 Å². The van der Waals surface area contributed by atoms with Crippen molar-refractivity contribution in [3.8, 4) is 0 Å². The number of amides is 1. The summed E-state index contributed by atoms with van der Waals surface area (Å²) in [5, 5.41) is 6.50. The van der Waals surface area contributed by atoms with Gasteiger partial charge in [0, 0.05) is 22.1 Å². The molecule has 1 aromatic carbocycles. The number of carbonyl (C=O) groups is 1. The van der Waals surface area contributed by atoms with Gasteiger partial charge in [-0.15, -0.1) is 24.2 Å². The highest BCUT2D eigenvalue weighted by Gasteiger charge is 2.36. The first-order valence-corrected chi connectivity index (χ1v) is 9.23. The van der Waals surface area contributed by atoms with Crippen LogP contribution in [-0.2, 0) is 4.79 Å². The number of rotatable bonds is 6. The van der Waals surface area contributed by atoms with Crippen LogP contribution in [0.4, 0.5) is 0 Å². The van der Waals surface area contributed by atoms with Gasteiger partial charge in [-0.2, -0.15) is 0 Å². The fourth-order valence-corrected chi connectivity index (χ4v) is 4.79. The molecule has 5 heteroatoms. The van der Waals surface area contributed by atoms with Gasteiger partial charge in [-0.25, -0.2) is 0 Å². The van der Waals surface area contributed by atoms with E-state index in [0.717, 1.165) is 19.6 Å². The van der Waals surface area contributed by atoms with Crippen molar-refractivity contribution in [2.75, 3.05) is 19.6 Å². The van der Waals surface area contributed by atoms with Crippen molar-refractivity contribution in [3.05, 3.63) is 30.3 Å². The van der Waals surface area contributed by atoms with Gasteiger partial charge in [0.2, 0.25) is 5.91 Å². The molecule has 1 heterocycles. The zero-order chi connectivity index (χ0) is 15.4. The van der Waals surface area contributed by atoms with Gasteiger partial charge in [-0.05, 0) is 44.0 Å². The predicted molar refractivity (Wildman–Crippen MR) is 99.3 cm³/mol. The predicted octanol–water partition coefficient (Wildman–Crippen LogP) is 3.49. The van der Waals surface area contributed by atoms with Crippen LogP contribution >= 0.6 is 24.2 Å². The summed E-state index contributed by atoms with van der Waals surface area (Å²) in [5.41, 5.74) is 0. The van der Waals surface area contributed by atoms with Crippen molar-refractivity contribution in [1.82, 2.24) is 10.6 Å². The monoisotopic (exact) mass is 354 g/mol. The van der Waals surface area contributed by atoms with Gasteiger partial charge in [0.25, 0.3) is 0 Å². The summed E-state index contributed by atoms with van der Waals surface area (Å²) in [4.78, 5) is 13.7. The Hall–Kier alpha value is -0.710. The van der Waals surface area contributed by atoms with Crippen LogP contribution in [0, 0.1) is 11.8 Å². The summed E-state index contributed by atoms with van der Waals surface area (Å²) in [6.45, 7) is 4.83. The lowest BCUT2D eigenvalue weighted by Crippen LogP contribution is -2.51. The third kappa shape index (κ3) is 4.65. The third-order valence-electron chi connectivity index (χ3n) is 5.11. The minimum absolute atomic E-state index is 0. The molecule has 2 N–H and O–H groups in total. The highest BCUT2D eigenvalue weighted by atomic mass is 35.5. The van der Waals surface area contributed by atoms with Gasteiger partial charge in [0.1, 0.15) is 0 Å². The zero-order valence-corrected chi connectivity index (χ0v) is 15.3. The average Bonchev–Trinajstić information content (AvgIpc) is 2.93. The fraction of sp³-hybridized carbons (Fsp3) is 0.611. The lowest BCUT2D eigenvalue weighted by atomic mass is 9.88. The molecule has 1 amide bonds. The molecule has 1 aliphatic carbocycles. The Bertz CT molecular complexity index is 501. The second kappa shape index (κ2) is 8.41. The summed E-state index contributed by atoms with van der Waals surface area (Å²) in [6, 6.07) is 10.6. The second-order valence-corrected chi connectivity index (χ2v) is 8.27. The fourth-order valence-electron chi connectivity index (χ4n) is 3.36. The molecule has 0 bridgehead atoms. The van der Waals surface area contributed by atoms with E-state index in [1.54, 1.807) is 0 Å². The van der Waals surface area contributed by atoms with E-state index in [4.69, 9.17) is 0 Å². The minimum Gasteiger partial charge on any atom is -0.354 e. The van der Waals surface area contributed by atoms with Gasteiger partial charge < -0.3 is 10.6 Å². The maximum Gasteiger partial charge on any atom is 0.223 e. The van der Waals surface area contributed by atoms with Gasteiger partial charge in [0.15, 0.2) is 0 Å². The molecule has 2 aliphatic rings. The van der Waals surface area contributed by atoms with E-state index in [1.807, 2.05) is 11.8 Å². The lowest BCUT2D eigenvalue weighted by Gasteiger charge is -2.33. The number of carbonyl (C=O) groups excluding carboxylic acids is 1. The molecule has 23 heavy (non-hydrogen) atoms. The van der Waals surface area contributed by atoms with Crippen LogP contribution in [0.5, 0.6) is 0 Å². The van der Waals surface area contributed by atoms with Crippen molar-refractivity contribution >= 4 is 30.1 Å². The molecule has 128 valence electrons. The van der Waals surface area contributed by atoms with E-state index >= 15 is 0 Å². The lowest BCUT2D eigenvalue weighted by molar-refractivity contribution is -0.126. The van der Waals surface area contributed by atoms with Gasteiger partial charge in [0.05, 0.1) is 0 Å². The zero-order valence-electron chi connectivity index (χ0n) is 13.7. The first-order chi connectivity index (χ1) is 10.7. The third-order valence-corrected chi connectivity index (χ3v) is 6.60. The Kier molecular flexibility index (Phi) is 6.81. The Labute approximate surface area is 149 Å². The molecule has 0 spiro atoms. The molecule has 0 radical (unpaired) electrons. The summed E-state index contributed by atoms with van der Waals surface area (Å²) < 4.78 is 0.189. The maximum absolute atomic E-state index is 12.4. The Morgan fingerprint density at radius 3 is 2.52 bits per heavy atom. The molecule has 2 fully saturated rings. The van der Waals surface area contributed by atoms with Crippen LogP contribution in [-0.4, -0.2) is 30.3 Å². The highest BCUT2D eigenvalue weighted by molar-refractivity contribution is 8.00. The molecular formula is C18H27ClN2OS. The van der Waals surface area contributed by atoms with Gasteiger partial charge in [-0.1, -0.05) is 38.0 Å². The molecule has 1 saturated heterocycles. The van der Waals surface area contributed by atoms with Crippen LogP contribution in [0.1, 0.15) is 32.6 Å². The maximum atomic E-state index is 12.4. The normalized spacial score (nSPS) is 21.1. The average molecular weight is 355 g/mol. The smallest absolute Gasteiger partial charge is 0.223 e. The summed E-state index contributed by atoms with van der Waals surface area (Å²) in [7, 11) is 0. The molecular weight excluding hydrogens is 328 g/mol. The molecule has 1 unspecified atom stereocenters. The molecule has 1 atom stereocenters. The Morgan fingerprint density at radius 2 is 1.96 bits per heavy atom. The van der Waals surface area contributed by atoms with Crippen LogP contribution in [0.3, 0.4) is 0 Å². The number of benzene rings is 1. The van der Waals surface area contributed by atoms with Crippen molar-refractivity contribution in [2.45, 2.75) is 42.2 Å². The van der Waals surface area contributed by atoms with E-state index in [9.17, 15) is 4.79 Å². The van der Waals surface area contributed by atoms with Crippen molar-refractivity contribution in [2.24, 2.45) is 11.8 Å². The Balaban J connectivity index is 0.00000192. The summed E-state index contributed by atoms with van der Waals surface area (Å²) in [6.07, 6.45) is 4.95. The van der Waals surface area contributed by atoms with Crippen LogP contribution in [0.2, 0.25) is 0 Å². The highest BCUT2D eigenvalue weighted by Crippen LogP contribution is 2.44. The molecule has 3 nitrogen and oxygen atoms in total. The standard InChI is InChI=1S/C18H26N2OS.ClH/c1-14(15-11-19-12-15)17(21)20-13-18(9-5-6-10-18)22-16-7-3-2-4-8-16;/h2-4,7-8,14-15,19H,5-6,9-13H2,1H3,(H,20,21);1H. The van der Waals surface area contributed by atoms with E-state index in [1.165, 1.54) is 30.6 Å². The molecule has 3 rings (SSSR count). The van der Waals surface area contributed by atoms with Crippen molar-refractivity contribution in [3.63, 3.8) is 0 Å². The minimum atomic E-state index is 0. The van der Waals surface area contributed by atoms with E-state index < -0.39 is 0 Å². The molecule has 1 aromatic rings. The van der Waals surface area contributed by atoms with Crippen molar-refractivity contribution < 1.29 is 4.79 Å². The Morgan fingerprint density at radius 1 is 1.30 bits per heavy atom. The summed E-state index contributed by atoms with van der Waals surface area (Å²) >= 11 is 1.95. The number of halogens is 1. The summed E-state index contributed by atoms with van der Waals surface area (Å²) in [5.74, 6) is 0.870. The number of nitrogens with one attached hydrogen (secondary N) is 2. The first-order valence-electron chi connectivity index (χ1n) is 8.41. The molecule has 1 aliphatic heterocycles. The number of hydrogen-bond donors (Lipinski definition) is 2. The molecule has 1 saturated carbocycles. The van der Waals surface area contributed by atoms with Crippen molar-refractivity contribution in [1.29, 1.82) is 0 Å². The van der Waals surface area contributed by atoms with Crippen LogP contribution in [0.15, 0.2) is 35.2 Å². The largest absolute Gasteiger partial charge is 0.354 e. The van der Waals surface area contributed by atoms with Crippen LogP contribution in [0.25, 0.3) is 0 Å². The van der Waals surface area contributed by atoms with Gasteiger partial charge in [-0.3, -0.25) is 4.79 Å². The second-order valence-electron chi connectivity index (χ2n) is 6.73. The SMILES string of the molecule is CC(C(=O)NCC1(Sc2ccccc2)CCCC1)C1CNC1.Cl. The van der Waals surface area contributed by atoms with E-state index in [2.05, 4.69) is 47.9 Å². The first kappa shape index (κ1) is 18.6.